The molecule has 4 heteroatoms. The van der Waals surface area contributed by atoms with Crippen LogP contribution < -0.4 is 10.1 Å². The van der Waals surface area contributed by atoms with Gasteiger partial charge < -0.3 is 10.1 Å². The molecule has 3 nitrogen and oxygen atoms in total. The average molecular weight is 298 g/mol. The topological polar surface area (TPSA) is 38.3 Å². The number of alkyl halides is 1. The Hall–Kier alpha value is -1.03. The second kappa shape index (κ2) is 5.54. The Morgan fingerprint density at radius 2 is 2.24 bits per heavy atom. The second-order valence-corrected chi connectivity index (χ2v) is 5.44. The van der Waals surface area contributed by atoms with Gasteiger partial charge in [0.2, 0.25) is 0 Å². The summed E-state index contributed by atoms with van der Waals surface area (Å²) < 4.78 is 5.16. The first kappa shape index (κ1) is 12.4. The summed E-state index contributed by atoms with van der Waals surface area (Å²) in [6.45, 7) is 0.668. The highest BCUT2D eigenvalue weighted by molar-refractivity contribution is 9.09. The summed E-state index contributed by atoms with van der Waals surface area (Å²) in [4.78, 5) is 12.3. The van der Waals surface area contributed by atoms with E-state index in [-0.39, 0.29) is 5.91 Å². The third-order valence-corrected chi connectivity index (χ3v) is 4.01. The Labute approximate surface area is 110 Å². The molecule has 92 valence electrons. The van der Waals surface area contributed by atoms with Crippen molar-refractivity contribution in [1.29, 1.82) is 0 Å². The first-order valence-corrected chi connectivity index (χ1v) is 6.69. The maximum atomic E-state index is 12.0. The maximum absolute atomic E-state index is 12.0. The maximum Gasteiger partial charge on any atom is 0.255 e. The molecule has 0 radical (unpaired) electrons. The van der Waals surface area contributed by atoms with Crippen molar-refractivity contribution in [2.45, 2.75) is 17.7 Å². The van der Waals surface area contributed by atoms with E-state index in [0.717, 1.165) is 5.92 Å². The third kappa shape index (κ3) is 3.22. The largest absolute Gasteiger partial charge is 0.496 e. The minimum absolute atomic E-state index is 0.0763. The highest BCUT2D eigenvalue weighted by Crippen LogP contribution is 2.36. The van der Waals surface area contributed by atoms with Crippen molar-refractivity contribution in [1.82, 2.24) is 5.32 Å². The van der Waals surface area contributed by atoms with Gasteiger partial charge in [0.15, 0.2) is 0 Å². The molecule has 1 amide bonds. The van der Waals surface area contributed by atoms with E-state index in [1.807, 2.05) is 12.1 Å². The van der Waals surface area contributed by atoms with Crippen LogP contribution in [-0.4, -0.2) is 24.4 Å². The molecule has 0 aliphatic heterocycles. The molecular formula is C13H16BrNO2. The Balaban J connectivity index is 1.94. The lowest BCUT2D eigenvalue weighted by Crippen LogP contribution is -2.30. The minimum atomic E-state index is -0.0763. The number of benzene rings is 1. The summed E-state index contributed by atoms with van der Waals surface area (Å²) in [6, 6.07) is 7.26. The predicted molar refractivity (Wildman–Crippen MR) is 70.8 cm³/mol. The molecular weight excluding hydrogens is 282 g/mol. The number of para-hydroxylation sites is 1. The molecule has 0 aromatic heterocycles. The number of nitrogens with one attached hydrogen (secondary N) is 1. The molecule has 2 rings (SSSR count). The molecule has 0 saturated heterocycles. The van der Waals surface area contributed by atoms with Crippen molar-refractivity contribution in [3.05, 3.63) is 29.8 Å². The van der Waals surface area contributed by atoms with Crippen molar-refractivity contribution < 1.29 is 9.53 Å². The summed E-state index contributed by atoms with van der Waals surface area (Å²) in [5, 5.41) is 2.93. The molecule has 1 aliphatic rings. The van der Waals surface area contributed by atoms with Crippen LogP contribution in [0.2, 0.25) is 0 Å². The fourth-order valence-corrected chi connectivity index (χ4v) is 2.43. The van der Waals surface area contributed by atoms with Crippen LogP contribution in [0, 0.1) is 5.92 Å². The van der Waals surface area contributed by atoms with E-state index >= 15 is 0 Å². The van der Waals surface area contributed by atoms with Crippen LogP contribution in [0.1, 0.15) is 23.2 Å². The number of amides is 1. The molecule has 1 unspecified atom stereocenters. The molecule has 1 aromatic rings. The lowest BCUT2D eigenvalue weighted by atomic mass is 10.2. The summed E-state index contributed by atoms with van der Waals surface area (Å²) in [6.07, 6.45) is 2.53. The first-order chi connectivity index (χ1) is 8.22. The number of rotatable bonds is 5. The van der Waals surface area contributed by atoms with E-state index in [1.165, 1.54) is 12.8 Å². The Bertz CT molecular complexity index is 404. The molecule has 0 spiro atoms. The normalized spacial score (nSPS) is 16.4. The van der Waals surface area contributed by atoms with Gasteiger partial charge in [-0.25, -0.2) is 0 Å². The van der Waals surface area contributed by atoms with Crippen molar-refractivity contribution >= 4 is 21.8 Å². The zero-order valence-corrected chi connectivity index (χ0v) is 11.4. The molecule has 17 heavy (non-hydrogen) atoms. The van der Waals surface area contributed by atoms with Crippen LogP contribution in [0.15, 0.2) is 24.3 Å². The first-order valence-electron chi connectivity index (χ1n) is 5.77. The van der Waals surface area contributed by atoms with Crippen molar-refractivity contribution in [2.24, 2.45) is 5.92 Å². The van der Waals surface area contributed by atoms with Crippen LogP contribution >= 0.6 is 15.9 Å². The summed E-state index contributed by atoms with van der Waals surface area (Å²) in [5.41, 5.74) is 0.588. The van der Waals surface area contributed by atoms with Crippen LogP contribution in [0.3, 0.4) is 0 Å². The molecule has 1 aliphatic carbocycles. The molecule has 1 fully saturated rings. The molecule has 1 atom stereocenters. The number of hydrogen-bond acceptors (Lipinski definition) is 2. The van der Waals surface area contributed by atoms with Gasteiger partial charge >= 0.3 is 0 Å². The van der Waals surface area contributed by atoms with Gasteiger partial charge in [-0.15, -0.1) is 0 Å². The van der Waals surface area contributed by atoms with Gasteiger partial charge in [-0.2, -0.15) is 0 Å². The van der Waals surface area contributed by atoms with E-state index in [1.54, 1.807) is 19.2 Å². The van der Waals surface area contributed by atoms with Gasteiger partial charge in [-0.3, -0.25) is 4.79 Å². The zero-order chi connectivity index (χ0) is 12.3. The van der Waals surface area contributed by atoms with Crippen LogP contribution in [0.4, 0.5) is 0 Å². The summed E-state index contributed by atoms with van der Waals surface area (Å²) in [7, 11) is 1.57. The van der Waals surface area contributed by atoms with Gasteiger partial charge in [-0.05, 0) is 30.9 Å². The number of carbonyl (C=O) groups is 1. The standard InChI is InChI=1S/C13H16BrNO2/c1-17-12-5-3-2-4-10(12)13(16)15-8-11(14)9-6-7-9/h2-5,9,11H,6-8H2,1H3,(H,15,16). The lowest BCUT2D eigenvalue weighted by molar-refractivity contribution is 0.0950. The van der Waals surface area contributed by atoms with Crippen LogP contribution in [-0.2, 0) is 0 Å². The Morgan fingerprint density at radius 3 is 2.88 bits per heavy atom. The van der Waals surface area contributed by atoms with E-state index in [2.05, 4.69) is 21.2 Å². The lowest BCUT2D eigenvalue weighted by Gasteiger charge is -2.11. The van der Waals surface area contributed by atoms with Crippen LogP contribution in [0.5, 0.6) is 5.75 Å². The van der Waals surface area contributed by atoms with Crippen LogP contribution in [0.25, 0.3) is 0 Å². The quantitative estimate of drug-likeness (QED) is 0.849. The fourth-order valence-electron chi connectivity index (χ4n) is 1.74. The summed E-state index contributed by atoms with van der Waals surface area (Å²) >= 11 is 3.60. The van der Waals surface area contributed by atoms with E-state index < -0.39 is 0 Å². The van der Waals surface area contributed by atoms with E-state index in [4.69, 9.17) is 4.74 Å². The van der Waals surface area contributed by atoms with Gasteiger partial charge in [0.1, 0.15) is 5.75 Å². The Morgan fingerprint density at radius 1 is 1.53 bits per heavy atom. The minimum Gasteiger partial charge on any atom is -0.496 e. The molecule has 1 saturated carbocycles. The second-order valence-electron chi connectivity index (χ2n) is 4.26. The number of ether oxygens (including phenoxy) is 1. The number of halogens is 1. The highest BCUT2D eigenvalue weighted by Gasteiger charge is 2.29. The number of methoxy groups -OCH3 is 1. The van der Waals surface area contributed by atoms with E-state index in [9.17, 15) is 4.79 Å². The van der Waals surface area contributed by atoms with Gasteiger partial charge in [0.25, 0.3) is 5.91 Å². The average Bonchev–Trinajstić information content (AvgIpc) is 3.19. The SMILES string of the molecule is COc1ccccc1C(=O)NCC(Br)C1CC1. The predicted octanol–water partition coefficient (Wildman–Crippen LogP) is 2.60. The zero-order valence-electron chi connectivity index (χ0n) is 9.78. The fraction of sp³-hybridized carbons (Fsp3) is 0.462. The number of carbonyl (C=O) groups excluding carboxylic acids is 1. The van der Waals surface area contributed by atoms with Gasteiger partial charge in [-0.1, -0.05) is 28.1 Å². The van der Waals surface area contributed by atoms with Crippen molar-refractivity contribution in [2.75, 3.05) is 13.7 Å². The van der Waals surface area contributed by atoms with Crippen molar-refractivity contribution in [3.8, 4) is 5.75 Å². The van der Waals surface area contributed by atoms with Crippen molar-refractivity contribution in [3.63, 3.8) is 0 Å². The summed E-state index contributed by atoms with van der Waals surface area (Å²) in [5.74, 6) is 1.27. The Kier molecular flexibility index (Phi) is 4.05. The molecule has 1 N–H and O–H groups in total. The molecule has 0 heterocycles. The number of hydrogen-bond donors (Lipinski definition) is 1. The smallest absolute Gasteiger partial charge is 0.255 e. The third-order valence-electron chi connectivity index (χ3n) is 2.94. The van der Waals surface area contributed by atoms with Gasteiger partial charge in [0, 0.05) is 11.4 Å². The monoisotopic (exact) mass is 297 g/mol. The van der Waals surface area contributed by atoms with Gasteiger partial charge in [0.05, 0.1) is 12.7 Å². The highest BCUT2D eigenvalue weighted by atomic mass is 79.9. The van der Waals surface area contributed by atoms with E-state index in [0.29, 0.717) is 22.7 Å². The molecule has 0 bridgehead atoms. The molecule has 1 aromatic carbocycles.